The van der Waals surface area contributed by atoms with E-state index in [1.165, 1.54) is 12.1 Å². The van der Waals surface area contributed by atoms with Gasteiger partial charge in [-0.05, 0) is 26.8 Å². The van der Waals surface area contributed by atoms with Gasteiger partial charge in [-0.25, -0.2) is 4.79 Å². The molecule has 0 aliphatic carbocycles. The molecule has 1 aromatic rings. The van der Waals surface area contributed by atoms with Crippen molar-refractivity contribution in [1.82, 2.24) is 0 Å². The van der Waals surface area contributed by atoms with Crippen molar-refractivity contribution in [3.8, 4) is 5.75 Å². The van der Waals surface area contributed by atoms with Crippen LogP contribution in [-0.4, -0.2) is 11.8 Å². The second kappa shape index (κ2) is 5.02. The molecule has 0 fully saturated rings. The van der Waals surface area contributed by atoms with Crippen molar-refractivity contribution in [2.24, 2.45) is 0 Å². The molecule has 0 spiro atoms. The van der Waals surface area contributed by atoms with Crippen LogP contribution in [0.3, 0.4) is 0 Å². The van der Waals surface area contributed by atoms with E-state index in [4.69, 9.17) is 38.4 Å². The summed E-state index contributed by atoms with van der Waals surface area (Å²) in [4.78, 5) is 11.4. The zero-order chi connectivity index (χ0) is 13.2. The summed E-state index contributed by atoms with van der Waals surface area (Å²) in [7, 11) is 0. The van der Waals surface area contributed by atoms with Gasteiger partial charge in [0.15, 0.2) is 5.75 Å². The highest BCUT2D eigenvalue weighted by Gasteiger charge is 2.19. The molecule has 0 atom stereocenters. The van der Waals surface area contributed by atoms with Crippen molar-refractivity contribution >= 4 is 35.0 Å². The van der Waals surface area contributed by atoms with Crippen LogP contribution in [0.4, 0.5) is 10.5 Å². The van der Waals surface area contributed by atoms with Gasteiger partial charge in [-0.2, -0.15) is 0 Å². The monoisotopic (exact) mass is 277 g/mol. The summed E-state index contributed by atoms with van der Waals surface area (Å²) >= 11 is 11.6. The summed E-state index contributed by atoms with van der Waals surface area (Å²) in [5.74, 6) is 0.0803. The van der Waals surface area contributed by atoms with E-state index in [1.54, 1.807) is 20.8 Å². The van der Waals surface area contributed by atoms with Crippen LogP contribution in [0.15, 0.2) is 12.1 Å². The summed E-state index contributed by atoms with van der Waals surface area (Å²) in [5.41, 5.74) is 5.14. The summed E-state index contributed by atoms with van der Waals surface area (Å²) in [6.45, 7) is 5.17. The van der Waals surface area contributed by atoms with Crippen molar-refractivity contribution in [2.45, 2.75) is 26.4 Å². The smallest absolute Gasteiger partial charge is 0.428 e. The van der Waals surface area contributed by atoms with Crippen molar-refractivity contribution in [2.75, 3.05) is 5.73 Å². The Kier molecular flexibility index (Phi) is 4.11. The lowest BCUT2D eigenvalue weighted by Gasteiger charge is -2.19. The maximum Gasteiger partial charge on any atom is 0.514 e. The average molecular weight is 278 g/mol. The van der Waals surface area contributed by atoms with Gasteiger partial charge in [0, 0.05) is 11.1 Å². The predicted octanol–water partition coefficient (Wildman–Crippen LogP) is 3.89. The van der Waals surface area contributed by atoms with Crippen LogP contribution in [-0.2, 0) is 4.74 Å². The van der Waals surface area contributed by atoms with Crippen LogP contribution in [0, 0.1) is 0 Å². The van der Waals surface area contributed by atoms with Crippen LogP contribution in [0.2, 0.25) is 10.0 Å². The van der Waals surface area contributed by atoms with Crippen LogP contribution >= 0.6 is 23.2 Å². The third-order valence-electron chi connectivity index (χ3n) is 1.64. The van der Waals surface area contributed by atoms with E-state index in [1.807, 2.05) is 0 Å². The van der Waals surface area contributed by atoms with Crippen LogP contribution in [0.5, 0.6) is 5.75 Å². The van der Waals surface area contributed by atoms with Gasteiger partial charge in [0.2, 0.25) is 0 Å². The van der Waals surface area contributed by atoms with Gasteiger partial charge in [0.25, 0.3) is 0 Å². The molecule has 0 amide bonds. The number of carbonyl (C=O) groups is 1. The van der Waals surface area contributed by atoms with E-state index >= 15 is 0 Å². The van der Waals surface area contributed by atoms with E-state index in [-0.39, 0.29) is 16.5 Å². The highest BCUT2D eigenvalue weighted by atomic mass is 35.5. The topological polar surface area (TPSA) is 61.5 Å². The fraction of sp³-hybridized carbons (Fsp3) is 0.364. The van der Waals surface area contributed by atoms with Crippen LogP contribution < -0.4 is 10.5 Å². The highest BCUT2D eigenvalue weighted by molar-refractivity contribution is 6.36. The predicted molar refractivity (Wildman–Crippen MR) is 67.7 cm³/mol. The molecule has 94 valence electrons. The minimum atomic E-state index is -0.859. The molecule has 0 bridgehead atoms. The first-order valence-corrected chi connectivity index (χ1v) is 5.60. The minimum absolute atomic E-state index is 0.0803. The number of ether oxygens (including phenoxy) is 2. The Morgan fingerprint density at radius 3 is 2.41 bits per heavy atom. The fourth-order valence-corrected chi connectivity index (χ4v) is 1.48. The first-order chi connectivity index (χ1) is 7.69. The maximum atomic E-state index is 11.4. The lowest BCUT2D eigenvalue weighted by atomic mass is 10.2. The molecule has 0 aromatic heterocycles. The Morgan fingerprint density at radius 1 is 1.29 bits per heavy atom. The summed E-state index contributed by atoms with van der Waals surface area (Å²) in [5, 5.41) is 0.541. The van der Waals surface area contributed by atoms with Crippen LogP contribution in [0.1, 0.15) is 20.8 Å². The zero-order valence-electron chi connectivity index (χ0n) is 9.71. The molecule has 0 radical (unpaired) electrons. The Balaban J connectivity index is 2.85. The Morgan fingerprint density at radius 2 is 1.88 bits per heavy atom. The molecule has 0 saturated heterocycles. The van der Waals surface area contributed by atoms with Gasteiger partial charge in [-0.1, -0.05) is 23.2 Å². The van der Waals surface area contributed by atoms with Gasteiger partial charge in [0.05, 0.1) is 10.7 Å². The minimum Gasteiger partial charge on any atom is -0.428 e. The van der Waals surface area contributed by atoms with E-state index in [9.17, 15) is 4.79 Å². The largest absolute Gasteiger partial charge is 0.514 e. The van der Waals surface area contributed by atoms with E-state index < -0.39 is 11.8 Å². The quantitative estimate of drug-likeness (QED) is 0.481. The number of nitrogen functional groups attached to an aromatic ring is 1. The number of benzene rings is 1. The zero-order valence-corrected chi connectivity index (χ0v) is 11.2. The van der Waals surface area contributed by atoms with E-state index in [0.29, 0.717) is 5.02 Å². The summed E-state index contributed by atoms with van der Waals surface area (Å²) in [6.07, 6.45) is -0.859. The number of halogens is 2. The summed E-state index contributed by atoms with van der Waals surface area (Å²) < 4.78 is 9.90. The molecule has 1 aromatic carbocycles. The highest BCUT2D eigenvalue weighted by Crippen LogP contribution is 2.33. The first kappa shape index (κ1) is 13.9. The molecule has 6 heteroatoms. The second-order valence-corrected chi connectivity index (χ2v) is 5.21. The third-order valence-corrected chi connectivity index (χ3v) is 2.17. The van der Waals surface area contributed by atoms with Crippen molar-refractivity contribution < 1.29 is 14.3 Å². The number of anilines is 1. The van der Waals surface area contributed by atoms with Crippen LogP contribution in [0.25, 0.3) is 0 Å². The van der Waals surface area contributed by atoms with Crippen molar-refractivity contribution in [1.29, 1.82) is 0 Å². The molecule has 0 heterocycles. The second-order valence-electron chi connectivity index (χ2n) is 4.37. The van der Waals surface area contributed by atoms with Gasteiger partial charge < -0.3 is 15.2 Å². The molecule has 0 aliphatic rings. The Hall–Kier alpha value is -1.13. The molecule has 0 unspecified atom stereocenters. The van der Waals surface area contributed by atoms with Gasteiger partial charge in [-0.3, -0.25) is 0 Å². The first-order valence-electron chi connectivity index (χ1n) is 4.84. The molecule has 1 rings (SSSR count). The molecular formula is C11H13Cl2NO3. The molecule has 0 saturated carbocycles. The molecule has 0 aliphatic heterocycles. The molecule has 2 N–H and O–H groups in total. The maximum absolute atomic E-state index is 11.4. The number of hydrogen-bond donors (Lipinski definition) is 1. The summed E-state index contributed by atoms with van der Waals surface area (Å²) in [6, 6.07) is 2.85. The third kappa shape index (κ3) is 4.32. The van der Waals surface area contributed by atoms with Gasteiger partial charge in [0.1, 0.15) is 5.60 Å². The van der Waals surface area contributed by atoms with Gasteiger partial charge >= 0.3 is 6.16 Å². The fourth-order valence-electron chi connectivity index (χ4n) is 1.01. The van der Waals surface area contributed by atoms with Gasteiger partial charge in [-0.15, -0.1) is 0 Å². The van der Waals surface area contributed by atoms with E-state index in [0.717, 1.165) is 0 Å². The Bertz CT molecular complexity index is 441. The lowest BCUT2D eigenvalue weighted by Crippen LogP contribution is -2.26. The number of hydrogen-bond acceptors (Lipinski definition) is 4. The molecule has 17 heavy (non-hydrogen) atoms. The Labute approximate surface area is 110 Å². The molecular weight excluding hydrogens is 265 g/mol. The number of rotatable bonds is 1. The van der Waals surface area contributed by atoms with Crippen molar-refractivity contribution in [3.05, 3.63) is 22.2 Å². The average Bonchev–Trinajstić information content (AvgIpc) is 2.10. The molecule has 4 nitrogen and oxygen atoms in total. The lowest BCUT2D eigenvalue weighted by molar-refractivity contribution is 0.0208. The normalized spacial score (nSPS) is 11.1. The SMILES string of the molecule is CC(C)(C)OC(=O)Oc1cc(Cl)cc(Cl)c1N. The number of nitrogens with two attached hydrogens (primary N) is 1. The standard InChI is InChI=1S/C11H13Cl2NO3/c1-11(2,3)17-10(15)16-8-5-6(12)4-7(13)9(8)14/h4-5H,14H2,1-3H3. The van der Waals surface area contributed by atoms with Crippen molar-refractivity contribution in [3.63, 3.8) is 0 Å². The van der Waals surface area contributed by atoms with E-state index in [2.05, 4.69) is 0 Å². The number of carbonyl (C=O) groups excluding carboxylic acids is 1.